The number of nitrogen functional groups attached to an aromatic ring is 1. The van der Waals surface area contributed by atoms with Crippen LogP contribution in [0.1, 0.15) is 16.7 Å². The lowest BCUT2D eigenvalue weighted by Gasteiger charge is -2.10. The van der Waals surface area contributed by atoms with Gasteiger partial charge in [0.25, 0.3) is 5.69 Å². The van der Waals surface area contributed by atoms with Crippen LogP contribution in [0.3, 0.4) is 0 Å². The number of nitrogens with zero attached hydrogens (tertiary/aromatic N) is 1. The van der Waals surface area contributed by atoms with Crippen LogP contribution in [-0.4, -0.2) is 4.92 Å². The zero-order valence-electron chi connectivity index (χ0n) is 11.4. The van der Waals surface area contributed by atoms with Crippen molar-refractivity contribution in [2.75, 3.05) is 5.73 Å². The third-order valence-corrected chi connectivity index (χ3v) is 3.03. The van der Waals surface area contributed by atoms with E-state index in [0.29, 0.717) is 6.61 Å². The summed E-state index contributed by atoms with van der Waals surface area (Å²) in [7, 11) is 0. The Kier molecular flexibility index (Phi) is 3.89. The highest BCUT2D eigenvalue weighted by Gasteiger charge is 2.11. The number of anilines is 1. The van der Waals surface area contributed by atoms with Crippen molar-refractivity contribution in [2.24, 2.45) is 0 Å². The normalized spacial score (nSPS) is 10.3. The molecule has 0 aliphatic rings. The first-order valence-electron chi connectivity index (χ1n) is 6.20. The van der Waals surface area contributed by atoms with Crippen LogP contribution < -0.4 is 10.5 Å². The maximum absolute atomic E-state index is 10.7. The van der Waals surface area contributed by atoms with Crippen LogP contribution in [0.4, 0.5) is 11.4 Å². The Morgan fingerprint density at radius 1 is 1.20 bits per heavy atom. The van der Waals surface area contributed by atoms with Crippen LogP contribution in [0.2, 0.25) is 0 Å². The third-order valence-electron chi connectivity index (χ3n) is 3.03. The highest BCUT2D eigenvalue weighted by Crippen LogP contribution is 2.24. The van der Waals surface area contributed by atoms with Crippen LogP contribution in [0.5, 0.6) is 5.75 Å². The van der Waals surface area contributed by atoms with E-state index in [4.69, 9.17) is 10.5 Å². The summed E-state index contributed by atoms with van der Waals surface area (Å²) >= 11 is 0. The second kappa shape index (κ2) is 5.61. The largest absolute Gasteiger partial charge is 0.489 e. The highest BCUT2D eigenvalue weighted by molar-refractivity contribution is 5.59. The minimum atomic E-state index is -0.495. The van der Waals surface area contributed by atoms with Gasteiger partial charge in [-0.2, -0.15) is 0 Å². The molecule has 0 heterocycles. The first-order valence-corrected chi connectivity index (χ1v) is 6.20. The van der Waals surface area contributed by atoms with Gasteiger partial charge in [0.1, 0.15) is 18.0 Å². The van der Waals surface area contributed by atoms with E-state index in [2.05, 4.69) is 0 Å². The molecule has 5 nitrogen and oxygen atoms in total. The molecule has 0 saturated heterocycles. The van der Waals surface area contributed by atoms with Crippen molar-refractivity contribution in [3.05, 3.63) is 63.2 Å². The quantitative estimate of drug-likeness (QED) is 0.525. The van der Waals surface area contributed by atoms with Crippen LogP contribution in [0.15, 0.2) is 36.4 Å². The molecule has 2 rings (SSSR count). The number of nitro benzene ring substituents is 1. The summed E-state index contributed by atoms with van der Waals surface area (Å²) in [5.74, 6) is 0.807. The Morgan fingerprint density at radius 3 is 2.60 bits per heavy atom. The van der Waals surface area contributed by atoms with Gasteiger partial charge in [-0.1, -0.05) is 12.1 Å². The monoisotopic (exact) mass is 272 g/mol. The van der Waals surface area contributed by atoms with E-state index in [0.717, 1.165) is 22.4 Å². The van der Waals surface area contributed by atoms with Gasteiger partial charge in [0.2, 0.25) is 0 Å². The highest BCUT2D eigenvalue weighted by atomic mass is 16.6. The van der Waals surface area contributed by atoms with E-state index >= 15 is 0 Å². The lowest BCUT2D eigenvalue weighted by molar-refractivity contribution is -0.383. The Bertz CT molecular complexity index is 654. The van der Waals surface area contributed by atoms with Crippen molar-refractivity contribution in [1.82, 2.24) is 0 Å². The smallest absolute Gasteiger partial charge is 0.292 e. The predicted molar refractivity (Wildman–Crippen MR) is 77.8 cm³/mol. The van der Waals surface area contributed by atoms with Gasteiger partial charge in [-0.05, 0) is 48.7 Å². The molecule has 0 saturated carbocycles. The maximum atomic E-state index is 10.7. The summed E-state index contributed by atoms with van der Waals surface area (Å²) in [6.07, 6.45) is 0. The fraction of sp³-hybridized carbons (Fsp3) is 0.200. The molecule has 2 aromatic carbocycles. The molecule has 0 aromatic heterocycles. The molecule has 5 heteroatoms. The van der Waals surface area contributed by atoms with Gasteiger partial charge >= 0.3 is 0 Å². The lowest BCUT2D eigenvalue weighted by Crippen LogP contribution is -2.00. The number of ether oxygens (including phenoxy) is 1. The van der Waals surface area contributed by atoms with Gasteiger partial charge < -0.3 is 10.5 Å². The average Bonchev–Trinajstić information content (AvgIpc) is 2.39. The standard InChI is InChI=1S/C15H16N2O3/c1-10-3-4-11(2)15(7-10)20-9-12-5-6-14(17(18)19)13(16)8-12/h3-8H,9,16H2,1-2H3. The molecule has 0 fully saturated rings. The average molecular weight is 272 g/mol. The summed E-state index contributed by atoms with van der Waals surface area (Å²) in [6.45, 7) is 4.29. The van der Waals surface area contributed by atoms with Gasteiger partial charge in [-0.15, -0.1) is 0 Å². The number of nitrogens with two attached hydrogens (primary N) is 1. The Morgan fingerprint density at radius 2 is 1.95 bits per heavy atom. The van der Waals surface area contributed by atoms with Crippen LogP contribution in [0, 0.1) is 24.0 Å². The molecular weight excluding hydrogens is 256 g/mol. The fourth-order valence-corrected chi connectivity index (χ4v) is 1.88. The molecule has 0 radical (unpaired) electrons. The number of aryl methyl sites for hydroxylation is 2. The van der Waals surface area contributed by atoms with Crippen molar-refractivity contribution in [2.45, 2.75) is 20.5 Å². The molecule has 0 amide bonds. The SMILES string of the molecule is Cc1ccc(C)c(OCc2ccc([N+](=O)[O-])c(N)c2)c1. The topological polar surface area (TPSA) is 78.4 Å². The molecule has 0 unspecified atom stereocenters. The summed E-state index contributed by atoms with van der Waals surface area (Å²) in [5, 5.41) is 10.7. The second-order valence-electron chi connectivity index (χ2n) is 4.71. The van der Waals surface area contributed by atoms with Crippen LogP contribution >= 0.6 is 0 Å². The van der Waals surface area contributed by atoms with E-state index in [1.807, 2.05) is 32.0 Å². The van der Waals surface area contributed by atoms with Crippen molar-refractivity contribution >= 4 is 11.4 Å². The van der Waals surface area contributed by atoms with Gasteiger partial charge in [0, 0.05) is 6.07 Å². The van der Waals surface area contributed by atoms with E-state index in [-0.39, 0.29) is 11.4 Å². The number of benzene rings is 2. The lowest BCUT2D eigenvalue weighted by atomic mass is 10.1. The third kappa shape index (κ3) is 3.06. The first-order chi connectivity index (χ1) is 9.47. The van der Waals surface area contributed by atoms with Crippen molar-refractivity contribution in [3.63, 3.8) is 0 Å². The zero-order valence-corrected chi connectivity index (χ0v) is 11.4. The Hall–Kier alpha value is -2.56. The molecular formula is C15H16N2O3. The zero-order chi connectivity index (χ0) is 14.7. The Labute approximate surface area is 117 Å². The molecule has 2 aromatic rings. The summed E-state index contributed by atoms with van der Waals surface area (Å²) < 4.78 is 5.73. The van der Waals surface area contributed by atoms with Crippen LogP contribution in [0.25, 0.3) is 0 Å². The molecule has 20 heavy (non-hydrogen) atoms. The molecule has 0 aliphatic carbocycles. The van der Waals surface area contributed by atoms with E-state index in [1.54, 1.807) is 12.1 Å². The number of hydrogen-bond acceptors (Lipinski definition) is 4. The van der Waals surface area contributed by atoms with E-state index < -0.39 is 4.92 Å². The minimum absolute atomic E-state index is 0.0829. The molecule has 2 N–H and O–H groups in total. The summed E-state index contributed by atoms with van der Waals surface area (Å²) in [6, 6.07) is 10.6. The Balaban J connectivity index is 2.13. The maximum Gasteiger partial charge on any atom is 0.292 e. The second-order valence-corrected chi connectivity index (χ2v) is 4.71. The van der Waals surface area contributed by atoms with Gasteiger partial charge in [-0.25, -0.2) is 0 Å². The van der Waals surface area contributed by atoms with Gasteiger partial charge in [0.05, 0.1) is 4.92 Å². The number of rotatable bonds is 4. The van der Waals surface area contributed by atoms with Crippen molar-refractivity contribution in [1.29, 1.82) is 0 Å². The molecule has 0 spiro atoms. The van der Waals surface area contributed by atoms with Gasteiger partial charge in [0.15, 0.2) is 0 Å². The number of hydrogen-bond donors (Lipinski definition) is 1. The van der Waals surface area contributed by atoms with Crippen molar-refractivity contribution in [3.8, 4) is 5.75 Å². The molecule has 0 atom stereocenters. The van der Waals surface area contributed by atoms with Crippen LogP contribution in [-0.2, 0) is 6.61 Å². The molecule has 0 aliphatic heterocycles. The fourth-order valence-electron chi connectivity index (χ4n) is 1.88. The van der Waals surface area contributed by atoms with E-state index in [1.165, 1.54) is 6.07 Å². The number of nitro groups is 1. The first kappa shape index (κ1) is 13.9. The van der Waals surface area contributed by atoms with Crippen molar-refractivity contribution < 1.29 is 9.66 Å². The summed E-state index contributed by atoms with van der Waals surface area (Å²) in [5.41, 5.74) is 8.68. The van der Waals surface area contributed by atoms with E-state index in [9.17, 15) is 10.1 Å². The summed E-state index contributed by atoms with van der Waals surface area (Å²) in [4.78, 5) is 10.2. The van der Waals surface area contributed by atoms with Gasteiger partial charge in [-0.3, -0.25) is 10.1 Å². The predicted octanol–water partition coefficient (Wildman–Crippen LogP) is 3.37. The molecule has 104 valence electrons. The minimum Gasteiger partial charge on any atom is -0.489 e. The molecule has 0 bridgehead atoms.